The zero-order chi connectivity index (χ0) is 17.3. The molecule has 0 aliphatic rings. The Morgan fingerprint density at radius 3 is 2.88 bits per heavy atom. The van der Waals surface area contributed by atoms with Crippen molar-refractivity contribution in [2.24, 2.45) is 0 Å². The summed E-state index contributed by atoms with van der Waals surface area (Å²) >= 11 is 1.48. The van der Waals surface area contributed by atoms with Crippen LogP contribution < -0.4 is 5.32 Å². The number of fused-ring (bicyclic) bond motifs is 1. The molecule has 1 atom stereocenters. The van der Waals surface area contributed by atoms with Crippen LogP contribution in [0.25, 0.3) is 10.2 Å². The van der Waals surface area contributed by atoms with E-state index in [-0.39, 0.29) is 11.9 Å². The van der Waals surface area contributed by atoms with Crippen LogP contribution in [0.5, 0.6) is 0 Å². The minimum atomic E-state index is -0.0144. The van der Waals surface area contributed by atoms with Gasteiger partial charge in [-0.1, -0.05) is 0 Å². The first-order valence-corrected chi connectivity index (χ1v) is 8.98. The molecule has 3 aromatic rings. The number of furan rings is 1. The largest absolute Gasteiger partial charge is 0.469 e. The normalized spacial score (nSPS) is 12.5. The molecule has 0 spiro atoms. The molecular formula is C19H22N2O2S. The maximum Gasteiger partial charge on any atom is 0.261 e. The Kier molecular flexibility index (Phi) is 4.71. The van der Waals surface area contributed by atoms with Crippen LogP contribution in [0, 0.1) is 20.8 Å². The third kappa shape index (κ3) is 3.36. The fraction of sp³-hybridized carbons (Fsp3) is 0.368. The average Bonchev–Trinajstić information content (AvgIpc) is 3.13. The van der Waals surface area contributed by atoms with Gasteiger partial charge in [-0.2, -0.15) is 0 Å². The van der Waals surface area contributed by atoms with Crippen molar-refractivity contribution in [3.8, 4) is 0 Å². The number of rotatable bonds is 5. The molecule has 126 valence electrons. The molecule has 3 heterocycles. The summed E-state index contributed by atoms with van der Waals surface area (Å²) in [7, 11) is 0. The summed E-state index contributed by atoms with van der Waals surface area (Å²) in [6, 6.07) is 6.00. The molecule has 4 nitrogen and oxygen atoms in total. The summed E-state index contributed by atoms with van der Waals surface area (Å²) in [6.07, 6.45) is 3.34. The van der Waals surface area contributed by atoms with Gasteiger partial charge in [0.25, 0.3) is 5.91 Å². The number of aryl methyl sites for hydroxylation is 4. The highest BCUT2D eigenvalue weighted by Crippen LogP contribution is 2.32. The van der Waals surface area contributed by atoms with Crippen molar-refractivity contribution in [3.05, 3.63) is 51.9 Å². The zero-order valence-electron chi connectivity index (χ0n) is 14.5. The van der Waals surface area contributed by atoms with Crippen molar-refractivity contribution in [2.75, 3.05) is 0 Å². The molecule has 0 aliphatic carbocycles. The van der Waals surface area contributed by atoms with Crippen molar-refractivity contribution >= 4 is 27.5 Å². The Hall–Kier alpha value is -2.14. The highest BCUT2D eigenvalue weighted by molar-refractivity contribution is 7.20. The first-order valence-electron chi connectivity index (χ1n) is 8.16. The van der Waals surface area contributed by atoms with Gasteiger partial charge in [-0.25, -0.2) is 4.98 Å². The van der Waals surface area contributed by atoms with Crippen LogP contribution in [0.15, 0.2) is 28.9 Å². The highest BCUT2D eigenvalue weighted by Gasteiger charge is 2.19. The van der Waals surface area contributed by atoms with E-state index in [9.17, 15) is 4.79 Å². The van der Waals surface area contributed by atoms with Gasteiger partial charge in [-0.15, -0.1) is 11.3 Å². The van der Waals surface area contributed by atoms with E-state index in [2.05, 4.69) is 23.3 Å². The van der Waals surface area contributed by atoms with Gasteiger partial charge in [0.05, 0.1) is 11.1 Å². The van der Waals surface area contributed by atoms with Crippen LogP contribution in [0.3, 0.4) is 0 Å². The van der Waals surface area contributed by atoms with Crippen LogP contribution in [-0.4, -0.2) is 16.9 Å². The molecule has 1 amide bonds. The van der Waals surface area contributed by atoms with Crippen molar-refractivity contribution in [1.82, 2.24) is 10.3 Å². The predicted octanol–water partition coefficient (Wildman–Crippen LogP) is 4.57. The molecule has 24 heavy (non-hydrogen) atoms. The van der Waals surface area contributed by atoms with Gasteiger partial charge in [0.1, 0.15) is 10.6 Å². The van der Waals surface area contributed by atoms with Gasteiger partial charge in [0.2, 0.25) is 0 Å². The van der Waals surface area contributed by atoms with Crippen molar-refractivity contribution < 1.29 is 9.21 Å². The van der Waals surface area contributed by atoms with Crippen LogP contribution in [0.1, 0.15) is 45.6 Å². The second-order valence-electron chi connectivity index (χ2n) is 6.31. The van der Waals surface area contributed by atoms with Crippen molar-refractivity contribution in [2.45, 2.75) is 46.6 Å². The van der Waals surface area contributed by atoms with Gasteiger partial charge in [-0.05, 0) is 63.4 Å². The summed E-state index contributed by atoms with van der Waals surface area (Å²) in [6.45, 7) is 8.09. The quantitative estimate of drug-likeness (QED) is 0.739. The maximum absolute atomic E-state index is 12.7. The Morgan fingerprint density at radius 1 is 1.38 bits per heavy atom. The summed E-state index contributed by atoms with van der Waals surface area (Å²) in [5.41, 5.74) is 3.19. The lowest BCUT2D eigenvalue weighted by Gasteiger charge is -2.12. The number of carbonyl (C=O) groups is 1. The third-order valence-corrected chi connectivity index (χ3v) is 5.40. The third-order valence-electron chi connectivity index (χ3n) is 4.21. The smallest absolute Gasteiger partial charge is 0.261 e. The molecular weight excluding hydrogens is 320 g/mol. The van der Waals surface area contributed by atoms with E-state index in [0.29, 0.717) is 0 Å². The summed E-state index contributed by atoms with van der Waals surface area (Å²) in [4.78, 5) is 18.9. The first kappa shape index (κ1) is 16.7. The van der Waals surface area contributed by atoms with E-state index in [1.54, 1.807) is 6.26 Å². The zero-order valence-corrected chi connectivity index (χ0v) is 15.3. The van der Waals surface area contributed by atoms with Gasteiger partial charge < -0.3 is 9.73 Å². The Labute approximate surface area is 145 Å². The van der Waals surface area contributed by atoms with E-state index in [0.717, 1.165) is 45.0 Å². The summed E-state index contributed by atoms with van der Waals surface area (Å²) in [5.74, 6) is 0.934. The number of hydrogen-bond acceptors (Lipinski definition) is 4. The fourth-order valence-corrected chi connectivity index (χ4v) is 4.22. The SMILES string of the molecule is Cc1cc(C)c2c(C)c(C(=O)NC(C)CCc3ccco3)sc2n1. The van der Waals surface area contributed by atoms with Gasteiger partial charge in [-0.3, -0.25) is 4.79 Å². The molecule has 0 saturated heterocycles. The fourth-order valence-electron chi connectivity index (χ4n) is 3.01. The van der Waals surface area contributed by atoms with Gasteiger partial charge in [0, 0.05) is 23.5 Å². The minimum absolute atomic E-state index is 0.0144. The standard InChI is InChI=1S/C19H22N2O2S/c1-11-10-13(3)21-19-16(11)14(4)17(24-19)18(22)20-12(2)7-8-15-6-5-9-23-15/h5-6,9-10,12H,7-8H2,1-4H3,(H,20,22). The Morgan fingerprint density at radius 2 is 2.17 bits per heavy atom. The molecule has 0 fully saturated rings. The molecule has 0 bridgehead atoms. The van der Waals surface area contributed by atoms with E-state index >= 15 is 0 Å². The maximum atomic E-state index is 12.7. The molecule has 1 unspecified atom stereocenters. The number of amides is 1. The van der Waals surface area contributed by atoms with Crippen LogP contribution in [0.2, 0.25) is 0 Å². The van der Waals surface area contributed by atoms with Crippen LogP contribution >= 0.6 is 11.3 Å². The predicted molar refractivity (Wildman–Crippen MR) is 97.8 cm³/mol. The number of nitrogens with one attached hydrogen (secondary N) is 1. The molecule has 0 aliphatic heterocycles. The van der Waals surface area contributed by atoms with Gasteiger partial charge >= 0.3 is 0 Å². The van der Waals surface area contributed by atoms with Gasteiger partial charge in [0.15, 0.2) is 0 Å². The summed E-state index contributed by atoms with van der Waals surface area (Å²) < 4.78 is 5.34. The lowest BCUT2D eigenvalue weighted by Crippen LogP contribution is -2.32. The summed E-state index contributed by atoms with van der Waals surface area (Å²) in [5, 5.41) is 4.21. The van der Waals surface area contributed by atoms with Crippen molar-refractivity contribution in [3.63, 3.8) is 0 Å². The Balaban J connectivity index is 1.74. The van der Waals surface area contributed by atoms with Crippen LogP contribution in [0.4, 0.5) is 0 Å². The molecule has 3 rings (SSSR count). The molecule has 1 N–H and O–H groups in total. The molecule has 0 radical (unpaired) electrons. The number of aromatic nitrogens is 1. The van der Waals surface area contributed by atoms with Crippen LogP contribution in [-0.2, 0) is 6.42 Å². The average molecular weight is 342 g/mol. The molecule has 5 heteroatoms. The number of carbonyl (C=O) groups excluding carboxylic acids is 1. The Bertz CT molecular complexity index is 865. The second kappa shape index (κ2) is 6.77. The number of hydrogen-bond donors (Lipinski definition) is 1. The van der Waals surface area contributed by atoms with E-state index in [1.165, 1.54) is 16.9 Å². The topological polar surface area (TPSA) is 55.1 Å². The second-order valence-corrected chi connectivity index (χ2v) is 7.31. The minimum Gasteiger partial charge on any atom is -0.469 e. The monoisotopic (exact) mass is 342 g/mol. The molecule has 3 aromatic heterocycles. The lowest BCUT2D eigenvalue weighted by atomic mass is 10.1. The molecule has 0 saturated carbocycles. The number of nitrogens with zero attached hydrogens (tertiary/aromatic N) is 1. The first-order chi connectivity index (χ1) is 11.5. The van der Waals surface area contributed by atoms with E-state index in [1.807, 2.05) is 32.9 Å². The number of pyridine rings is 1. The highest BCUT2D eigenvalue weighted by atomic mass is 32.1. The molecule has 0 aromatic carbocycles. The van der Waals surface area contributed by atoms with E-state index in [4.69, 9.17) is 4.42 Å². The van der Waals surface area contributed by atoms with E-state index < -0.39 is 0 Å². The number of thiophene rings is 1. The van der Waals surface area contributed by atoms with Crippen molar-refractivity contribution in [1.29, 1.82) is 0 Å². The lowest BCUT2D eigenvalue weighted by molar-refractivity contribution is 0.0941.